The van der Waals surface area contributed by atoms with E-state index < -0.39 is 15.6 Å². The number of nitrogens with one attached hydrogen (secondary N) is 1. The molecule has 1 aromatic carbocycles. The maximum atomic E-state index is 12.3. The fraction of sp³-hybridized carbons (Fsp3) is 0.462. The van der Waals surface area contributed by atoms with Crippen molar-refractivity contribution >= 4 is 26.0 Å². The molecule has 0 saturated carbocycles. The molecule has 1 atom stereocenters. The molecule has 7 heteroatoms. The SMILES string of the molecule is CCOc1ccc(S(=O)(=O)NC(C)(C#N)CC)cc1Br. The van der Waals surface area contributed by atoms with Crippen LogP contribution in [0.15, 0.2) is 27.6 Å². The third-order valence-electron chi connectivity index (χ3n) is 2.83. The van der Waals surface area contributed by atoms with Gasteiger partial charge in [0.1, 0.15) is 11.3 Å². The van der Waals surface area contributed by atoms with Crippen molar-refractivity contribution in [3.8, 4) is 11.8 Å². The molecule has 0 fully saturated rings. The van der Waals surface area contributed by atoms with Crippen LogP contribution >= 0.6 is 15.9 Å². The zero-order chi connectivity index (χ0) is 15.4. The Hall–Kier alpha value is -1.10. The van der Waals surface area contributed by atoms with Crippen molar-refractivity contribution in [1.82, 2.24) is 4.72 Å². The van der Waals surface area contributed by atoms with Crippen molar-refractivity contribution in [3.63, 3.8) is 0 Å². The van der Waals surface area contributed by atoms with Gasteiger partial charge in [-0.1, -0.05) is 6.92 Å². The second-order valence-electron chi connectivity index (χ2n) is 4.43. The van der Waals surface area contributed by atoms with Gasteiger partial charge in [-0.3, -0.25) is 0 Å². The van der Waals surface area contributed by atoms with Crippen LogP contribution in [-0.4, -0.2) is 20.6 Å². The summed E-state index contributed by atoms with van der Waals surface area (Å²) >= 11 is 3.27. The molecule has 5 nitrogen and oxygen atoms in total. The molecule has 110 valence electrons. The number of halogens is 1. The Labute approximate surface area is 128 Å². The monoisotopic (exact) mass is 360 g/mol. The summed E-state index contributed by atoms with van der Waals surface area (Å²) in [5.41, 5.74) is -1.12. The number of hydrogen-bond donors (Lipinski definition) is 1. The topological polar surface area (TPSA) is 79.2 Å². The van der Waals surface area contributed by atoms with E-state index in [1.165, 1.54) is 12.1 Å². The lowest BCUT2D eigenvalue weighted by molar-refractivity contribution is 0.338. The molecule has 0 aliphatic carbocycles. The summed E-state index contributed by atoms with van der Waals surface area (Å²) in [5, 5.41) is 9.06. The highest BCUT2D eigenvalue weighted by molar-refractivity contribution is 9.10. The highest BCUT2D eigenvalue weighted by Crippen LogP contribution is 2.28. The number of benzene rings is 1. The minimum absolute atomic E-state index is 0.0859. The third-order valence-corrected chi connectivity index (χ3v) is 5.04. The molecule has 1 unspecified atom stereocenters. The predicted octanol–water partition coefficient (Wildman–Crippen LogP) is 2.82. The molecule has 0 radical (unpaired) electrons. The van der Waals surface area contributed by atoms with Crippen LogP contribution < -0.4 is 9.46 Å². The molecule has 1 N–H and O–H groups in total. The first-order valence-corrected chi connectivity index (χ1v) is 8.43. The van der Waals surface area contributed by atoms with Gasteiger partial charge < -0.3 is 4.74 Å². The average Bonchev–Trinajstić information content (AvgIpc) is 2.40. The summed E-state index contributed by atoms with van der Waals surface area (Å²) < 4.78 is 32.8. The van der Waals surface area contributed by atoms with Crippen molar-refractivity contribution in [2.45, 2.75) is 37.6 Å². The molecule has 0 heterocycles. The normalized spacial score (nSPS) is 14.3. The number of sulfonamides is 1. The molecule has 1 aromatic rings. The van der Waals surface area contributed by atoms with E-state index in [0.717, 1.165) is 0 Å². The predicted molar refractivity (Wildman–Crippen MR) is 79.9 cm³/mol. The lowest BCUT2D eigenvalue weighted by Gasteiger charge is -2.21. The first-order chi connectivity index (χ1) is 9.28. The number of hydrogen-bond acceptors (Lipinski definition) is 4. The molecular formula is C13H17BrN2O3S. The van der Waals surface area contributed by atoms with Gasteiger partial charge in [-0.05, 0) is 54.4 Å². The van der Waals surface area contributed by atoms with Crippen LogP contribution in [0.2, 0.25) is 0 Å². The Morgan fingerprint density at radius 2 is 2.10 bits per heavy atom. The molecule has 0 bridgehead atoms. The van der Waals surface area contributed by atoms with E-state index >= 15 is 0 Å². The minimum Gasteiger partial charge on any atom is -0.493 e. The van der Waals surface area contributed by atoms with Gasteiger partial charge in [-0.15, -0.1) is 0 Å². The van der Waals surface area contributed by atoms with Gasteiger partial charge in [0.05, 0.1) is 22.0 Å². The maximum absolute atomic E-state index is 12.3. The summed E-state index contributed by atoms with van der Waals surface area (Å²) in [5.74, 6) is 0.574. The molecular weight excluding hydrogens is 344 g/mol. The summed E-state index contributed by atoms with van der Waals surface area (Å²) in [6, 6.07) is 6.46. The number of nitriles is 1. The number of rotatable bonds is 6. The van der Waals surface area contributed by atoms with E-state index in [2.05, 4.69) is 20.7 Å². The first-order valence-electron chi connectivity index (χ1n) is 6.15. The highest BCUT2D eigenvalue weighted by atomic mass is 79.9. The summed E-state index contributed by atoms with van der Waals surface area (Å²) in [7, 11) is -3.75. The van der Waals surface area contributed by atoms with E-state index in [-0.39, 0.29) is 4.90 Å². The van der Waals surface area contributed by atoms with Crippen LogP contribution in [0, 0.1) is 11.3 Å². The summed E-state index contributed by atoms with van der Waals surface area (Å²) in [6.45, 7) is 5.64. The van der Waals surface area contributed by atoms with E-state index in [1.54, 1.807) is 19.9 Å². The van der Waals surface area contributed by atoms with Crippen LogP contribution in [0.25, 0.3) is 0 Å². The van der Waals surface area contributed by atoms with Crippen molar-refractivity contribution < 1.29 is 13.2 Å². The second-order valence-corrected chi connectivity index (χ2v) is 6.96. The minimum atomic E-state index is -3.75. The molecule has 1 rings (SSSR count). The first kappa shape index (κ1) is 17.0. The van der Waals surface area contributed by atoms with Crippen molar-refractivity contribution in [2.24, 2.45) is 0 Å². The van der Waals surface area contributed by atoms with Gasteiger partial charge in [0.15, 0.2) is 0 Å². The molecule has 20 heavy (non-hydrogen) atoms. The zero-order valence-electron chi connectivity index (χ0n) is 11.6. The van der Waals surface area contributed by atoms with Crippen molar-refractivity contribution in [3.05, 3.63) is 22.7 Å². The second kappa shape index (κ2) is 6.57. The highest BCUT2D eigenvalue weighted by Gasteiger charge is 2.29. The van der Waals surface area contributed by atoms with E-state index in [4.69, 9.17) is 10.00 Å². The molecule has 0 saturated heterocycles. The van der Waals surface area contributed by atoms with Crippen LogP contribution in [0.1, 0.15) is 27.2 Å². The van der Waals surface area contributed by atoms with E-state index in [9.17, 15) is 8.42 Å². The Morgan fingerprint density at radius 1 is 1.45 bits per heavy atom. The molecule has 0 aromatic heterocycles. The van der Waals surface area contributed by atoms with Gasteiger partial charge in [0.25, 0.3) is 0 Å². The van der Waals surface area contributed by atoms with Gasteiger partial charge in [0.2, 0.25) is 10.0 Å². The van der Waals surface area contributed by atoms with Crippen molar-refractivity contribution in [1.29, 1.82) is 5.26 Å². The fourth-order valence-electron chi connectivity index (χ4n) is 1.45. The van der Waals surface area contributed by atoms with Crippen LogP contribution in [0.4, 0.5) is 0 Å². The lowest BCUT2D eigenvalue weighted by atomic mass is 10.0. The number of nitrogens with zero attached hydrogens (tertiary/aromatic N) is 1. The van der Waals surface area contributed by atoms with Gasteiger partial charge in [-0.2, -0.15) is 9.98 Å². The van der Waals surface area contributed by atoms with Crippen molar-refractivity contribution in [2.75, 3.05) is 6.61 Å². The Morgan fingerprint density at radius 3 is 2.55 bits per heavy atom. The Bertz CT molecular complexity index is 625. The largest absolute Gasteiger partial charge is 0.493 e. The number of ether oxygens (including phenoxy) is 1. The van der Waals surface area contributed by atoms with Gasteiger partial charge >= 0.3 is 0 Å². The molecule has 0 aliphatic rings. The standard InChI is InChI=1S/C13H17BrN2O3S/c1-4-13(3,9-15)16-20(17,18)10-6-7-12(19-5-2)11(14)8-10/h6-8,16H,4-5H2,1-3H3. The van der Waals surface area contributed by atoms with Gasteiger partial charge in [0, 0.05) is 0 Å². The lowest BCUT2D eigenvalue weighted by Crippen LogP contribution is -2.44. The van der Waals surface area contributed by atoms with Crippen LogP contribution in [-0.2, 0) is 10.0 Å². The van der Waals surface area contributed by atoms with Crippen LogP contribution in [0.5, 0.6) is 5.75 Å². The van der Waals surface area contributed by atoms with Gasteiger partial charge in [-0.25, -0.2) is 8.42 Å². The molecule has 0 spiro atoms. The summed E-state index contributed by atoms with van der Waals surface area (Å²) in [6.07, 6.45) is 0.376. The quantitative estimate of drug-likeness (QED) is 0.845. The Balaban J connectivity index is 3.11. The molecule has 0 amide bonds. The molecule has 0 aliphatic heterocycles. The smallest absolute Gasteiger partial charge is 0.241 e. The zero-order valence-corrected chi connectivity index (χ0v) is 14.0. The van der Waals surface area contributed by atoms with E-state index in [1.807, 2.05) is 13.0 Å². The fourth-order valence-corrected chi connectivity index (χ4v) is 3.52. The van der Waals surface area contributed by atoms with Crippen LogP contribution in [0.3, 0.4) is 0 Å². The third kappa shape index (κ3) is 3.95. The van der Waals surface area contributed by atoms with E-state index in [0.29, 0.717) is 23.2 Å². The maximum Gasteiger partial charge on any atom is 0.241 e. The average molecular weight is 361 g/mol. The summed E-state index contributed by atoms with van der Waals surface area (Å²) in [4.78, 5) is 0.0859. The Kier molecular flexibility index (Phi) is 5.57.